The number of anilines is 1. The predicted molar refractivity (Wildman–Crippen MR) is 106 cm³/mol. The summed E-state index contributed by atoms with van der Waals surface area (Å²) < 4.78 is 5.60. The molecular weight excluding hydrogens is 340 g/mol. The molecule has 0 spiro atoms. The summed E-state index contributed by atoms with van der Waals surface area (Å²) in [5, 5.41) is 7.10. The second-order valence-electron chi connectivity index (χ2n) is 7.57. The molecule has 7 nitrogen and oxygen atoms in total. The second kappa shape index (κ2) is 7.88. The lowest BCUT2D eigenvalue weighted by Gasteiger charge is -2.43. The fourth-order valence-corrected chi connectivity index (χ4v) is 3.91. The SMILES string of the molecule is CN(C)C1(CNc2nc(-c3cccnc3)nc3c2CCNC3)CCOCC1. The van der Waals surface area contributed by atoms with Crippen LogP contribution in [0.5, 0.6) is 0 Å². The minimum Gasteiger partial charge on any atom is -0.381 e. The number of likely N-dealkylation sites (N-methyl/N-ethyl adjacent to an activating group) is 1. The summed E-state index contributed by atoms with van der Waals surface area (Å²) >= 11 is 0. The van der Waals surface area contributed by atoms with Crippen LogP contribution in [0.25, 0.3) is 11.4 Å². The molecule has 2 aliphatic rings. The molecule has 4 rings (SSSR count). The van der Waals surface area contributed by atoms with E-state index in [0.29, 0.717) is 0 Å². The molecule has 2 N–H and O–H groups in total. The van der Waals surface area contributed by atoms with E-state index >= 15 is 0 Å². The summed E-state index contributed by atoms with van der Waals surface area (Å²) in [5.74, 6) is 1.70. The van der Waals surface area contributed by atoms with Crippen LogP contribution in [0.4, 0.5) is 5.82 Å². The third kappa shape index (κ3) is 3.81. The van der Waals surface area contributed by atoms with E-state index in [1.807, 2.05) is 18.3 Å². The zero-order chi connectivity index (χ0) is 18.7. The molecule has 2 aromatic rings. The van der Waals surface area contributed by atoms with Gasteiger partial charge in [0.1, 0.15) is 5.82 Å². The third-order valence-electron chi connectivity index (χ3n) is 5.81. The quantitative estimate of drug-likeness (QED) is 0.832. The Labute approximate surface area is 160 Å². The van der Waals surface area contributed by atoms with Crippen molar-refractivity contribution in [3.8, 4) is 11.4 Å². The van der Waals surface area contributed by atoms with Gasteiger partial charge in [-0.1, -0.05) is 0 Å². The summed E-state index contributed by atoms with van der Waals surface area (Å²) in [6.45, 7) is 4.22. The van der Waals surface area contributed by atoms with Gasteiger partial charge < -0.3 is 20.3 Å². The number of nitrogens with one attached hydrogen (secondary N) is 2. The molecule has 144 valence electrons. The fourth-order valence-electron chi connectivity index (χ4n) is 3.91. The lowest BCUT2D eigenvalue weighted by molar-refractivity contribution is -0.000673. The predicted octanol–water partition coefficient (Wildman–Crippen LogP) is 1.71. The Bertz CT molecular complexity index is 774. The van der Waals surface area contributed by atoms with Crippen LogP contribution in [0.3, 0.4) is 0 Å². The number of nitrogens with zero attached hydrogens (tertiary/aromatic N) is 4. The summed E-state index contributed by atoms with van der Waals surface area (Å²) in [5.41, 5.74) is 3.37. The number of pyridine rings is 1. The smallest absolute Gasteiger partial charge is 0.163 e. The maximum Gasteiger partial charge on any atom is 0.163 e. The Balaban J connectivity index is 1.64. The van der Waals surface area contributed by atoms with Crippen LogP contribution in [-0.2, 0) is 17.7 Å². The molecular formula is C20H28N6O. The van der Waals surface area contributed by atoms with Crippen molar-refractivity contribution in [3.05, 3.63) is 35.8 Å². The molecule has 0 amide bonds. The summed E-state index contributed by atoms with van der Waals surface area (Å²) in [4.78, 5) is 16.3. The van der Waals surface area contributed by atoms with Gasteiger partial charge in [0.2, 0.25) is 0 Å². The van der Waals surface area contributed by atoms with E-state index in [2.05, 4.69) is 34.6 Å². The minimum absolute atomic E-state index is 0.0947. The Morgan fingerprint density at radius 2 is 2.11 bits per heavy atom. The van der Waals surface area contributed by atoms with Crippen molar-refractivity contribution in [3.63, 3.8) is 0 Å². The van der Waals surface area contributed by atoms with Gasteiger partial charge in [-0.2, -0.15) is 0 Å². The Morgan fingerprint density at radius 1 is 1.26 bits per heavy atom. The monoisotopic (exact) mass is 368 g/mol. The van der Waals surface area contributed by atoms with Crippen molar-refractivity contribution in [2.45, 2.75) is 31.3 Å². The summed E-state index contributed by atoms with van der Waals surface area (Å²) in [7, 11) is 4.32. The van der Waals surface area contributed by atoms with Crippen molar-refractivity contribution >= 4 is 5.82 Å². The molecule has 2 aliphatic heterocycles. The van der Waals surface area contributed by atoms with E-state index in [4.69, 9.17) is 14.7 Å². The fraction of sp³-hybridized carbons (Fsp3) is 0.550. The van der Waals surface area contributed by atoms with Gasteiger partial charge in [-0.25, -0.2) is 9.97 Å². The van der Waals surface area contributed by atoms with Gasteiger partial charge in [0.05, 0.1) is 5.69 Å². The van der Waals surface area contributed by atoms with Crippen molar-refractivity contribution in [1.29, 1.82) is 0 Å². The number of hydrogen-bond acceptors (Lipinski definition) is 7. The first-order chi connectivity index (χ1) is 13.2. The van der Waals surface area contributed by atoms with Crippen LogP contribution in [0.1, 0.15) is 24.1 Å². The first-order valence-corrected chi connectivity index (χ1v) is 9.68. The van der Waals surface area contributed by atoms with Crippen LogP contribution in [0, 0.1) is 0 Å². The van der Waals surface area contributed by atoms with Crippen molar-refractivity contribution in [1.82, 2.24) is 25.2 Å². The van der Waals surface area contributed by atoms with Gasteiger partial charge in [0, 0.05) is 55.4 Å². The summed E-state index contributed by atoms with van der Waals surface area (Å²) in [6.07, 6.45) is 6.59. The molecule has 1 saturated heterocycles. The van der Waals surface area contributed by atoms with E-state index in [0.717, 1.165) is 75.0 Å². The number of hydrogen-bond donors (Lipinski definition) is 2. The van der Waals surface area contributed by atoms with Crippen molar-refractivity contribution in [2.24, 2.45) is 0 Å². The number of fused-ring (bicyclic) bond motifs is 1. The van der Waals surface area contributed by atoms with E-state index in [9.17, 15) is 0 Å². The number of ether oxygens (including phenoxy) is 1. The van der Waals surface area contributed by atoms with Crippen LogP contribution in [-0.4, -0.2) is 65.8 Å². The lowest BCUT2D eigenvalue weighted by atomic mass is 9.88. The van der Waals surface area contributed by atoms with Crippen LogP contribution in [0.2, 0.25) is 0 Å². The molecule has 0 unspecified atom stereocenters. The molecule has 27 heavy (non-hydrogen) atoms. The summed E-state index contributed by atoms with van der Waals surface area (Å²) in [6, 6.07) is 3.93. The highest BCUT2D eigenvalue weighted by atomic mass is 16.5. The number of aromatic nitrogens is 3. The van der Waals surface area contributed by atoms with Gasteiger partial charge >= 0.3 is 0 Å². The van der Waals surface area contributed by atoms with Gasteiger partial charge in [0.25, 0.3) is 0 Å². The molecule has 2 aromatic heterocycles. The molecule has 0 saturated carbocycles. The maximum absolute atomic E-state index is 5.60. The largest absolute Gasteiger partial charge is 0.381 e. The van der Waals surface area contributed by atoms with E-state index in [1.165, 1.54) is 5.56 Å². The highest BCUT2D eigenvalue weighted by Crippen LogP contribution is 2.29. The number of rotatable bonds is 5. The molecule has 0 aromatic carbocycles. The first-order valence-electron chi connectivity index (χ1n) is 9.68. The minimum atomic E-state index is 0.0947. The molecule has 0 atom stereocenters. The third-order valence-corrected chi connectivity index (χ3v) is 5.81. The zero-order valence-electron chi connectivity index (χ0n) is 16.2. The van der Waals surface area contributed by atoms with Crippen LogP contribution >= 0.6 is 0 Å². The van der Waals surface area contributed by atoms with Crippen molar-refractivity contribution in [2.75, 3.05) is 45.7 Å². The molecule has 0 radical (unpaired) electrons. The molecule has 0 aliphatic carbocycles. The molecule has 0 bridgehead atoms. The molecule has 1 fully saturated rings. The van der Waals surface area contributed by atoms with Gasteiger partial charge in [-0.15, -0.1) is 0 Å². The van der Waals surface area contributed by atoms with E-state index < -0.39 is 0 Å². The average molecular weight is 368 g/mol. The standard InChI is InChI=1S/C20H28N6O/c1-26(2)20(6-10-27-11-7-20)14-23-19-16-5-9-22-13-17(16)24-18(25-19)15-4-3-8-21-12-15/h3-4,8,12,22H,5-7,9-11,13-14H2,1-2H3,(H,23,24,25). The molecule has 4 heterocycles. The highest BCUT2D eigenvalue weighted by molar-refractivity contribution is 5.59. The van der Waals surface area contributed by atoms with Gasteiger partial charge in [-0.05, 0) is 52.0 Å². The Kier molecular flexibility index (Phi) is 5.33. The zero-order valence-corrected chi connectivity index (χ0v) is 16.2. The Morgan fingerprint density at radius 3 is 2.85 bits per heavy atom. The van der Waals surface area contributed by atoms with Crippen LogP contribution in [0.15, 0.2) is 24.5 Å². The van der Waals surface area contributed by atoms with Crippen molar-refractivity contribution < 1.29 is 4.74 Å². The Hall–Kier alpha value is -2.09. The first kappa shape index (κ1) is 18.3. The highest BCUT2D eigenvalue weighted by Gasteiger charge is 2.35. The average Bonchev–Trinajstić information content (AvgIpc) is 2.73. The van der Waals surface area contributed by atoms with Gasteiger partial charge in [-0.3, -0.25) is 4.98 Å². The van der Waals surface area contributed by atoms with E-state index in [-0.39, 0.29) is 5.54 Å². The normalized spacial score (nSPS) is 18.9. The van der Waals surface area contributed by atoms with Crippen LogP contribution < -0.4 is 10.6 Å². The van der Waals surface area contributed by atoms with E-state index in [1.54, 1.807) is 6.20 Å². The lowest BCUT2D eigenvalue weighted by Crippen LogP contribution is -2.53. The molecule has 7 heteroatoms. The topological polar surface area (TPSA) is 75.2 Å². The maximum atomic E-state index is 5.60. The second-order valence-corrected chi connectivity index (χ2v) is 7.57. The van der Waals surface area contributed by atoms with Gasteiger partial charge in [0.15, 0.2) is 5.82 Å².